The second-order valence-electron chi connectivity index (χ2n) is 3.56. The van der Waals surface area contributed by atoms with Crippen LogP contribution in [0.1, 0.15) is 10.4 Å². The third-order valence-electron chi connectivity index (χ3n) is 2.44. The molecule has 0 bridgehead atoms. The van der Waals surface area contributed by atoms with E-state index in [-0.39, 0.29) is 11.1 Å². The Morgan fingerprint density at radius 3 is 2.24 bits per heavy atom. The molecule has 17 heavy (non-hydrogen) atoms. The Hall–Kier alpha value is -2.56. The molecule has 0 unspecified atom stereocenters. The highest BCUT2D eigenvalue weighted by atomic mass is 16.4. The number of H-pyrrole nitrogens is 1. The van der Waals surface area contributed by atoms with E-state index in [9.17, 15) is 9.59 Å². The standard InChI is InChI=1S/C12H10N2O3/c1-7-8(2)13-14(11(7)15)10-5-3-9(4-6-10)12(16)17/h3-6,13H,1-2H2,(H,16,17). The third kappa shape index (κ3) is 1.78. The summed E-state index contributed by atoms with van der Waals surface area (Å²) >= 11 is 0. The van der Waals surface area contributed by atoms with E-state index >= 15 is 0 Å². The van der Waals surface area contributed by atoms with E-state index in [1.54, 1.807) is 12.1 Å². The van der Waals surface area contributed by atoms with E-state index in [1.165, 1.54) is 16.8 Å². The van der Waals surface area contributed by atoms with Crippen molar-refractivity contribution in [1.82, 2.24) is 9.78 Å². The van der Waals surface area contributed by atoms with Crippen molar-refractivity contribution >= 4 is 19.1 Å². The van der Waals surface area contributed by atoms with Crippen LogP contribution in [0.3, 0.4) is 0 Å². The van der Waals surface area contributed by atoms with Gasteiger partial charge in [0.1, 0.15) is 0 Å². The molecule has 0 amide bonds. The molecule has 0 spiro atoms. The zero-order chi connectivity index (χ0) is 12.6. The molecule has 0 saturated heterocycles. The summed E-state index contributed by atoms with van der Waals surface area (Å²) in [5.41, 5.74) is 0.413. The van der Waals surface area contributed by atoms with Gasteiger partial charge in [0, 0.05) is 0 Å². The summed E-state index contributed by atoms with van der Waals surface area (Å²) < 4.78 is 1.27. The highest BCUT2D eigenvalue weighted by Gasteiger charge is 2.05. The first kappa shape index (κ1) is 10.9. The maximum atomic E-state index is 11.7. The van der Waals surface area contributed by atoms with Crippen molar-refractivity contribution in [2.24, 2.45) is 0 Å². The van der Waals surface area contributed by atoms with Crippen LogP contribution in [0.25, 0.3) is 18.8 Å². The van der Waals surface area contributed by atoms with Gasteiger partial charge in [-0.3, -0.25) is 9.89 Å². The Balaban J connectivity index is 2.58. The Morgan fingerprint density at radius 2 is 1.82 bits per heavy atom. The van der Waals surface area contributed by atoms with Gasteiger partial charge in [0.2, 0.25) is 0 Å². The van der Waals surface area contributed by atoms with Crippen LogP contribution in [0.4, 0.5) is 0 Å². The average Bonchev–Trinajstić information content (AvgIpc) is 2.57. The minimum absolute atomic E-state index is 0.165. The van der Waals surface area contributed by atoms with Gasteiger partial charge in [0.25, 0.3) is 5.56 Å². The SMILES string of the molecule is C=c1[nH]n(-c2ccc(C(=O)O)cc2)c(=O)c1=C. The second kappa shape index (κ2) is 3.79. The molecule has 1 aromatic heterocycles. The molecule has 1 heterocycles. The summed E-state index contributed by atoms with van der Waals surface area (Å²) in [6.45, 7) is 7.23. The number of nitrogens with one attached hydrogen (secondary N) is 1. The molecule has 1 aromatic carbocycles. The van der Waals surface area contributed by atoms with Crippen molar-refractivity contribution in [2.45, 2.75) is 0 Å². The summed E-state index contributed by atoms with van der Waals surface area (Å²) in [5.74, 6) is -1.01. The van der Waals surface area contributed by atoms with Crippen LogP contribution in [-0.4, -0.2) is 20.9 Å². The predicted octanol–water partition coefficient (Wildman–Crippen LogP) is -0.316. The summed E-state index contributed by atoms with van der Waals surface area (Å²) in [6.07, 6.45) is 0. The van der Waals surface area contributed by atoms with Gasteiger partial charge in [0.05, 0.1) is 21.8 Å². The van der Waals surface area contributed by atoms with Crippen molar-refractivity contribution in [1.29, 1.82) is 0 Å². The maximum Gasteiger partial charge on any atom is 0.335 e. The first-order chi connectivity index (χ1) is 8.00. The van der Waals surface area contributed by atoms with Gasteiger partial charge in [-0.25, -0.2) is 9.48 Å². The van der Waals surface area contributed by atoms with Gasteiger partial charge in [-0.05, 0) is 24.3 Å². The van der Waals surface area contributed by atoms with Gasteiger partial charge in [-0.15, -0.1) is 0 Å². The zero-order valence-electron chi connectivity index (χ0n) is 8.93. The number of hydrogen-bond acceptors (Lipinski definition) is 2. The summed E-state index contributed by atoms with van der Waals surface area (Å²) in [5, 5.41) is 12.3. The van der Waals surface area contributed by atoms with E-state index in [0.717, 1.165) is 0 Å². The monoisotopic (exact) mass is 230 g/mol. The highest BCUT2D eigenvalue weighted by Crippen LogP contribution is 2.05. The third-order valence-corrected chi connectivity index (χ3v) is 2.44. The molecule has 5 nitrogen and oxygen atoms in total. The molecule has 2 aromatic rings. The lowest BCUT2D eigenvalue weighted by atomic mass is 10.2. The first-order valence-corrected chi connectivity index (χ1v) is 4.83. The first-order valence-electron chi connectivity index (χ1n) is 4.83. The Labute approximate surface area is 95.9 Å². The lowest BCUT2D eigenvalue weighted by molar-refractivity contribution is 0.0697. The van der Waals surface area contributed by atoms with Gasteiger partial charge in [-0.2, -0.15) is 0 Å². The van der Waals surface area contributed by atoms with Crippen molar-refractivity contribution in [3.8, 4) is 5.69 Å². The van der Waals surface area contributed by atoms with Crippen LogP contribution in [0, 0.1) is 0 Å². The van der Waals surface area contributed by atoms with Gasteiger partial charge in [-0.1, -0.05) is 13.2 Å². The molecular formula is C12H10N2O3. The molecule has 5 heteroatoms. The molecule has 86 valence electrons. The van der Waals surface area contributed by atoms with E-state index in [0.29, 0.717) is 16.3 Å². The Bertz CT molecular complexity index is 723. The van der Waals surface area contributed by atoms with Crippen molar-refractivity contribution in [3.05, 3.63) is 50.8 Å². The zero-order valence-corrected chi connectivity index (χ0v) is 8.93. The average molecular weight is 230 g/mol. The number of aromatic carboxylic acids is 1. The number of hydrogen-bond donors (Lipinski definition) is 2. The van der Waals surface area contributed by atoms with Crippen LogP contribution < -0.4 is 16.1 Å². The molecule has 0 fully saturated rings. The smallest absolute Gasteiger partial charge is 0.335 e. The minimum atomic E-state index is -1.01. The number of carboxylic acids is 1. The molecule has 0 saturated carbocycles. The molecular weight excluding hydrogens is 220 g/mol. The molecule has 0 aliphatic carbocycles. The Kier molecular flexibility index (Phi) is 2.44. The largest absolute Gasteiger partial charge is 0.478 e. The molecule has 0 aliphatic heterocycles. The van der Waals surface area contributed by atoms with Crippen LogP contribution in [0.2, 0.25) is 0 Å². The lowest BCUT2D eigenvalue weighted by Gasteiger charge is -2.01. The number of aromatic amines is 1. The number of carboxylic acid groups (broad SMARTS) is 1. The molecule has 0 aliphatic rings. The summed E-state index contributed by atoms with van der Waals surface area (Å²) in [7, 11) is 0. The number of carbonyl (C=O) groups is 1. The minimum Gasteiger partial charge on any atom is -0.478 e. The number of rotatable bonds is 2. The van der Waals surface area contributed by atoms with Crippen LogP contribution in [-0.2, 0) is 0 Å². The van der Waals surface area contributed by atoms with Crippen molar-refractivity contribution < 1.29 is 9.90 Å². The topological polar surface area (TPSA) is 75.1 Å². The van der Waals surface area contributed by atoms with Gasteiger partial charge >= 0.3 is 5.97 Å². The second-order valence-corrected chi connectivity index (χ2v) is 3.56. The van der Waals surface area contributed by atoms with Crippen molar-refractivity contribution in [2.75, 3.05) is 0 Å². The molecule has 0 atom stereocenters. The molecule has 0 radical (unpaired) electrons. The highest BCUT2D eigenvalue weighted by molar-refractivity contribution is 5.87. The fourth-order valence-electron chi connectivity index (χ4n) is 1.45. The van der Waals surface area contributed by atoms with Crippen LogP contribution in [0.15, 0.2) is 29.1 Å². The normalized spacial score (nSPS) is 10.4. The fraction of sp³-hybridized carbons (Fsp3) is 0. The van der Waals surface area contributed by atoms with Crippen LogP contribution in [0.5, 0.6) is 0 Å². The number of aromatic nitrogens is 2. The number of benzene rings is 1. The molecule has 2 rings (SSSR count). The Morgan fingerprint density at radius 1 is 1.24 bits per heavy atom. The summed E-state index contributed by atoms with van der Waals surface area (Å²) in [6, 6.07) is 5.94. The predicted molar refractivity (Wildman–Crippen MR) is 63.6 cm³/mol. The number of nitrogens with zero attached hydrogens (tertiary/aromatic N) is 1. The van der Waals surface area contributed by atoms with E-state index < -0.39 is 5.97 Å². The van der Waals surface area contributed by atoms with Crippen LogP contribution >= 0.6 is 0 Å². The molecule has 2 N–H and O–H groups in total. The van der Waals surface area contributed by atoms with Gasteiger partial charge < -0.3 is 5.11 Å². The quantitative estimate of drug-likeness (QED) is 0.742. The van der Waals surface area contributed by atoms with Gasteiger partial charge in [0.15, 0.2) is 0 Å². The fourth-order valence-corrected chi connectivity index (χ4v) is 1.45. The maximum absolute atomic E-state index is 11.7. The van der Waals surface area contributed by atoms with E-state index in [2.05, 4.69) is 18.3 Å². The van der Waals surface area contributed by atoms with Crippen molar-refractivity contribution in [3.63, 3.8) is 0 Å². The summed E-state index contributed by atoms with van der Waals surface area (Å²) in [4.78, 5) is 22.4. The van der Waals surface area contributed by atoms with E-state index in [1.807, 2.05) is 0 Å². The van der Waals surface area contributed by atoms with E-state index in [4.69, 9.17) is 5.11 Å². The lowest BCUT2D eigenvalue weighted by Crippen LogP contribution is -2.32.